The van der Waals surface area contributed by atoms with Gasteiger partial charge in [0.05, 0.1) is 28.5 Å². The van der Waals surface area contributed by atoms with E-state index in [0.29, 0.717) is 28.8 Å². The van der Waals surface area contributed by atoms with Gasteiger partial charge in [0.25, 0.3) is 11.2 Å². The van der Waals surface area contributed by atoms with E-state index in [1.807, 2.05) is 30.3 Å². The lowest BCUT2D eigenvalue weighted by atomic mass is 9.77. The summed E-state index contributed by atoms with van der Waals surface area (Å²) in [5.41, 5.74) is 7.97. The molecule has 0 spiro atoms. The van der Waals surface area contributed by atoms with Crippen LogP contribution in [0.1, 0.15) is 29.5 Å². The van der Waals surface area contributed by atoms with Crippen LogP contribution < -0.4 is 21.1 Å². The summed E-state index contributed by atoms with van der Waals surface area (Å²) >= 11 is 0. The number of carbonyl (C=O) groups is 1. The molecule has 9 heteroatoms. The maximum atomic E-state index is 13.3. The zero-order valence-electron chi connectivity index (χ0n) is 16.7. The predicted molar refractivity (Wildman–Crippen MR) is 113 cm³/mol. The van der Waals surface area contributed by atoms with Crippen molar-refractivity contribution in [3.63, 3.8) is 0 Å². The van der Waals surface area contributed by atoms with Gasteiger partial charge >= 0.3 is 5.97 Å². The number of nitro groups is 1. The molecule has 0 saturated carbocycles. The van der Waals surface area contributed by atoms with E-state index in [1.54, 1.807) is 17.7 Å². The number of aromatic nitrogens is 1. The number of benzene rings is 2. The lowest BCUT2D eigenvalue weighted by Crippen LogP contribution is -2.36. The average molecular weight is 420 g/mol. The van der Waals surface area contributed by atoms with E-state index in [-0.39, 0.29) is 35.6 Å². The number of nitrogens with one attached hydrogen (secondary N) is 2. The summed E-state index contributed by atoms with van der Waals surface area (Å²) in [5, 5.41) is 11.9. The third kappa shape index (κ3) is 3.09. The lowest BCUT2D eigenvalue weighted by molar-refractivity contribution is -0.384. The monoisotopic (exact) mass is 420 g/mol. The average Bonchev–Trinajstić information content (AvgIpc) is 3.27. The number of non-ortho nitro benzene ring substituents is 1. The Bertz CT molecular complexity index is 1280. The van der Waals surface area contributed by atoms with Gasteiger partial charge < -0.3 is 9.30 Å². The third-order valence-electron chi connectivity index (χ3n) is 6.24. The van der Waals surface area contributed by atoms with E-state index in [2.05, 4.69) is 10.9 Å². The molecule has 31 heavy (non-hydrogen) atoms. The third-order valence-corrected chi connectivity index (χ3v) is 6.24. The molecule has 3 heterocycles. The van der Waals surface area contributed by atoms with E-state index in [1.165, 1.54) is 12.1 Å². The second-order valence-corrected chi connectivity index (χ2v) is 7.93. The summed E-state index contributed by atoms with van der Waals surface area (Å²) in [6.45, 7) is 0.501. The summed E-state index contributed by atoms with van der Waals surface area (Å²) in [6.07, 6.45) is 0.0695. The van der Waals surface area contributed by atoms with Crippen LogP contribution in [0.4, 0.5) is 5.69 Å². The van der Waals surface area contributed by atoms with Crippen molar-refractivity contribution in [2.24, 2.45) is 13.0 Å². The lowest BCUT2D eigenvalue weighted by Gasteiger charge is -2.32. The number of aryl methyl sites for hydroxylation is 1. The highest BCUT2D eigenvalue weighted by Gasteiger charge is 2.43. The van der Waals surface area contributed by atoms with Gasteiger partial charge in [-0.15, -0.1) is 0 Å². The Hall–Kier alpha value is -3.56. The number of esters is 1. The minimum Gasteiger partial charge on any atom is -0.425 e. The van der Waals surface area contributed by atoms with Crippen LogP contribution in [0.2, 0.25) is 0 Å². The highest BCUT2D eigenvalue weighted by molar-refractivity contribution is 5.91. The summed E-state index contributed by atoms with van der Waals surface area (Å²) in [6, 6.07) is 13.4. The number of hydrogen-bond donors (Lipinski definition) is 2. The minimum atomic E-state index is -0.434. The van der Waals surface area contributed by atoms with E-state index < -0.39 is 10.8 Å². The van der Waals surface area contributed by atoms with Gasteiger partial charge in [0.1, 0.15) is 5.75 Å². The Kier molecular flexibility index (Phi) is 4.57. The molecule has 2 aromatic carbocycles. The van der Waals surface area contributed by atoms with Gasteiger partial charge in [-0.1, -0.05) is 24.3 Å². The molecule has 1 aromatic heterocycles. The second kappa shape index (κ2) is 7.29. The largest absolute Gasteiger partial charge is 0.425 e. The van der Waals surface area contributed by atoms with Crippen LogP contribution in [0, 0.1) is 16.0 Å². The quantitative estimate of drug-likeness (QED) is 0.379. The molecule has 3 atom stereocenters. The van der Waals surface area contributed by atoms with Gasteiger partial charge in [0.2, 0.25) is 0 Å². The smallest absolute Gasteiger partial charge is 0.311 e. The SMILES string of the molecule is Cn1c(=O)c2c(c3ccccc31)OC(=O)CC2C1CNNC1c1cccc([N+](=O)[O-])c1. The zero-order valence-corrected chi connectivity index (χ0v) is 16.7. The summed E-state index contributed by atoms with van der Waals surface area (Å²) in [4.78, 5) is 36.7. The molecule has 1 saturated heterocycles. The Morgan fingerprint density at radius 3 is 2.77 bits per heavy atom. The van der Waals surface area contributed by atoms with Crippen LogP contribution in [0.3, 0.4) is 0 Å². The number of nitro benzene ring substituents is 1. The Balaban J connectivity index is 1.65. The van der Waals surface area contributed by atoms with E-state index in [0.717, 1.165) is 5.56 Å². The molecule has 0 aliphatic carbocycles. The molecule has 1 fully saturated rings. The molecule has 158 valence electrons. The fourth-order valence-corrected chi connectivity index (χ4v) is 4.78. The van der Waals surface area contributed by atoms with Gasteiger partial charge in [-0.2, -0.15) is 0 Å². The molecule has 3 aromatic rings. The number of carbonyl (C=O) groups excluding carboxylic acids is 1. The summed E-state index contributed by atoms with van der Waals surface area (Å²) < 4.78 is 7.16. The maximum absolute atomic E-state index is 13.3. The van der Waals surface area contributed by atoms with Crippen LogP contribution in [0.25, 0.3) is 10.9 Å². The second-order valence-electron chi connectivity index (χ2n) is 7.93. The number of hydrazine groups is 1. The number of ether oxygens (including phenoxy) is 1. The van der Waals surface area contributed by atoms with Crippen molar-refractivity contribution in [2.75, 3.05) is 6.54 Å². The van der Waals surface area contributed by atoms with Crippen molar-refractivity contribution < 1.29 is 14.5 Å². The van der Waals surface area contributed by atoms with E-state index in [4.69, 9.17) is 4.74 Å². The molecule has 9 nitrogen and oxygen atoms in total. The predicted octanol–water partition coefficient (Wildman–Crippen LogP) is 2.30. The van der Waals surface area contributed by atoms with Gasteiger partial charge in [0.15, 0.2) is 0 Å². The number of hydrogen-bond acceptors (Lipinski definition) is 7. The molecule has 3 unspecified atom stereocenters. The molecule has 0 radical (unpaired) electrons. The highest BCUT2D eigenvalue weighted by Crippen LogP contribution is 2.45. The van der Waals surface area contributed by atoms with Gasteiger partial charge in [-0.3, -0.25) is 25.1 Å². The molecule has 2 aliphatic rings. The first kappa shape index (κ1) is 19.4. The first-order valence-corrected chi connectivity index (χ1v) is 10.0. The van der Waals surface area contributed by atoms with Crippen molar-refractivity contribution in [2.45, 2.75) is 18.4 Å². The molecule has 2 aliphatic heterocycles. The molecule has 0 bridgehead atoms. The molecule has 2 N–H and O–H groups in total. The van der Waals surface area contributed by atoms with Crippen LogP contribution in [-0.2, 0) is 11.8 Å². The molecule has 5 rings (SSSR count). The number of rotatable bonds is 3. The zero-order chi connectivity index (χ0) is 21.7. The minimum absolute atomic E-state index is 0.00434. The first-order valence-electron chi connectivity index (χ1n) is 10.0. The number of fused-ring (bicyclic) bond motifs is 3. The van der Waals surface area contributed by atoms with Crippen molar-refractivity contribution in [3.05, 3.63) is 80.1 Å². The van der Waals surface area contributed by atoms with Gasteiger partial charge in [0, 0.05) is 42.9 Å². The van der Waals surface area contributed by atoms with Crippen molar-refractivity contribution in [3.8, 4) is 5.75 Å². The Morgan fingerprint density at radius 1 is 1.16 bits per heavy atom. The molecular formula is C22H20N4O5. The first-order chi connectivity index (χ1) is 15.0. The van der Waals surface area contributed by atoms with Crippen molar-refractivity contribution in [1.29, 1.82) is 0 Å². The van der Waals surface area contributed by atoms with Gasteiger partial charge in [-0.25, -0.2) is 5.43 Å². The van der Waals surface area contributed by atoms with E-state index in [9.17, 15) is 19.7 Å². The Morgan fingerprint density at radius 2 is 1.97 bits per heavy atom. The Labute approximate surface area is 176 Å². The fourth-order valence-electron chi connectivity index (χ4n) is 4.78. The van der Waals surface area contributed by atoms with E-state index >= 15 is 0 Å². The van der Waals surface area contributed by atoms with Crippen LogP contribution in [0.5, 0.6) is 5.75 Å². The van der Waals surface area contributed by atoms with Crippen LogP contribution >= 0.6 is 0 Å². The number of nitrogens with zero attached hydrogens (tertiary/aromatic N) is 2. The van der Waals surface area contributed by atoms with Crippen LogP contribution in [0.15, 0.2) is 53.3 Å². The maximum Gasteiger partial charge on any atom is 0.311 e. The molecule has 0 amide bonds. The number of para-hydroxylation sites is 1. The van der Waals surface area contributed by atoms with Crippen molar-refractivity contribution >= 4 is 22.6 Å². The standard InChI is InChI=1S/C22H20N4O5/c1-25-17-8-3-2-7-14(17)21-19(22(25)28)15(10-18(27)31-21)16-11-23-24-20(16)12-5-4-6-13(9-12)26(29)30/h2-9,15-16,20,23-24H,10-11H2,1H3. The van der Waals surface area contributed by atoms with Crippen LogP contribution in [-0.4, -0.2) is 22.0 Å². The summed E-state index contributed by atoms with van der Waals surface area (Å²) in [5.74, 6) is -0.640. The normalized spacial score (nSPS) is 22.9. The van der Waals surface area contributed by atoms with Gasteiger partial charge in [-0.05, 0) is 17.7 Å². The van der Waals surface area contributed by atoms with Crippen molar-refractivity contribution in [1.82, 2.24) is 15.4 Å². The summed E-state index contributed by atoms with van der Waals surface area (Å²) in [7, 11) is 1.71. The topological polar surface area (TPSA) is 116 Å². The molecular weight excluding hydrogens is 400 g/mol. The number of pyridine rings is 1. The highest BCUT2D eigenvalue weighted by atomic mass is 16.6. The fraction of sp³-hybridized carbons (Fsp3) is 0.273.